The summed E-state index contributed by atoms with van der Waals surface area (Å²) in [6.07, 6.45) is 1.10. The number of rotatable bonds is 3. The van der Waals surface area contributed by atoms with Crippen LogP contribution in [0.1, 0.15) is 18.4 Å². The molecule has 1 saturated heterocycles. The number of likely N-dealkylation sites (tertiary alicyclic amines) is 1. The molecule has 1 heterocycles. The van der Waals surface area contributed by atoms with Gasteiger partial charge in [0.1, 0.15) is 5.82 Å². The van der Waals surface area contributed by atoms with Crippen LogP contribution in [0.5, 0.6) is 0 Å². The molecule has 0 spiro atoms. The molecule has 1 aromatic rings. The first-order valence-electron chi connectivity index (χ1n) is 6.09. The number of nitrogens with zero attached hydrogens (tertiary/aromatic N) is 1. The quantitative estimate of drug-likeness (QED) is 0.880. The molecule has 1 aliphatic heterocycles. The van der Waals surface area contributed by atoms with Crippen LogP contribution in [0.4, 0.5) is 4.39 Å². The van der Waals surface area contributed by atoms with Crippen LogP contribution in [0, 0.1) is 5.82 Å². The zero-order chi connectivity index (χ0) is 14.0. The fourth-order valence-corrected chi connectivity index (χ4v) is 2.83. The van der Waals surface area contributed by atoms with Crippen molar-refractivity contribution in [1.82, 2.24) is 4.90 Å². The molecule has 0 unspecified atom stereocenters. The molecule has 1 fully saturated rings. The van der Waals surface area contributed by atoms with Crippen LogP contribution in [0.25, 0.3) is 0 Å². The molecule has 104 valence electrons. The summed E-state index contributed by atoms with van der Waals surface area (Å²) < 4.78 is 13.7. The molecule has 19 heavy (non-hydrogen) atoms. The Balaban J connectivity index is 2.09. The highest BCUT2D eigenvalue weighted by molar-refractivity contribution is 9.10. The standard InChI is InChI=1S/C13H16BrFN2O2/c14-11-6-10(15)3-2-9(11)7-17-5-1-4-13(19,8-17)12(16)18/h2-3,6,19H,1,4-5,7-8H2,(H2,16,18)/t13-/m1/s1. The van der Waals surface area contributed by atoms with Crippen LogP contribution in [-0.2, 0) is 11.3 Å². The summed E-state index contributed by atoms with van der Waals surface area (Å²) in [4.78, 5) is 13.2. The number of carbonyl (C=O) groups is 1. The number of primary amides is 1. The molecule has 2 rings (SSSR count). The van der Waals surface area contributed by atoms with E-state index < -0.39 is 11.5 Å². The molecule has 0 aliphatic carbocycles. The van der Waals surface area contributed by atoms with Crippen LogP contribution >= 0.6 is 15.9 Å². The van der Waals surface area contributed by atoms with E-state index >= 15 is 0 Å². The van der Waals surface area contributed by atoms with E-state index in [0.29, 0.717) is 23.9 Å². The van der Waals surface area contributed by atoms with Gasteiger partial charge >= 0.3 is 0 Å². The second-order valence-corrected chi connectivity index (χ2v) is 5.80. The lowest BCUT2D eigenvalue weighted by Crippen LogP contribution is -2.55. The van der Waals surface area contributed by atoms with Gasteiger partial charge in [-0.05, 0) is 37.1 Å². The van der Waals surface area contributed by atoms with Gasteiger partial charge in [-0.1, -0.05) is 22.0 Å². The summed E-state index contributed by atoms with van der Waals surface area (Å²) in [6, 6.07) is 4.49. The zero-order valence-electron chi connectivity index (χ0n) is 10.4. The molecule has 1 atom stereocenters. The summed E-state index contributed by atoms with van der Waals surface area (Å²) >= 11 is 3.31. The summed E-state index contributed by atoms with van der Waals surface area (Å²) in [5.41, 5.74) is 4.69. The monoisotopic (exact) mass is 330 g/mol. The lowest BCUT2D eigenvalue weighted by molar-refractivity contribution is -0.142. The molecule has 4 nitrogen and oxygen atoms in total. The lowest BCUT2D eigenvalue weighted by atomic mass is 9.92. The van der Waals surface area contributed by atoms with Gasteiger partial charge in [0.2, 0.25) is 0 Å². The summed E-state index contributed by atoms with van der Waals surface area (Å²) in [6.45, 7) is 1.53. The first-order valence-corrected chi connectivity index (χ1v) is 6.88. The number of carbonyl (C=O) groups excluding carboxylic acids is 1. The third kappa shape index (κ3) is 3.32. The maximum Gasteiger partial charge on any atom is 0.250 e. The summed E-state index contributed by atoms with van der Waals surface area (Å²) in [5, 5.41) is 10.1. The van der Waals surface area contributed by atoms with Crippen molar-refractivity contribution in [2.75, 3.05) is 13.1 Å². The maximum atomic E-state index is 13.0. The van der Waals surface area contributed by atoms with Crippen molar-refractivity contribution >= 4 is 21.8 Å². The van der Waals surface area contributed by atoms with E-state index in [-0.39, 0.29) is 12.4 Å². The number of piperidine rings is 1. The molecule has 0 radical (unpaired) electrons. The Bertz CT molecular complexity index is 498. The van der Waals surface area contributed by atoms with Crippen LogP contribution in [0.3, 0.4) is 0 Å². The third-order valence-corrected chi connectivity index (χ3v) is 4.16. The number of halogens is 2. The van der Waals surface area contributed by atoms with Gasteiger partial charge in [0.25, 0.3) is 5.91 Å². The van der Waals surface area contributed by atoms with Gasteiger partial charge in [-0.3, -0.25) is 9.69 Å². The molecule has 3 N–H and O–H groups in total. The Hall–Kier alpha value is -0.980. The molecule has 1 aliphatic rings. The highest BCUT2D eigenvalue weighted by atomic mass is 79.9. The van der Waals surface area contributed by atoms with E-state index in [9.17, 15) is 14.3 Å². The predicted octanol–water partition coefficient (Wildman–Crippen LogP) is 1.40. The van der Waals surface area contributed by atoms with E-state index in [1.54, 1.807) is 6.07 Å². The normalized spacial score (nSPS) is 24.4. The number of amides is 1. The van der Waals surface area contributed by atoms with Crippen molar-refractivity contribution in [3.05, 3.63) is 34.1 Å². The minimum atomic E-state index is -1.45. The van der Waals surface area contributed by atoms with Gasteiger partial charge in [0, 0.05) is 17.6 Å². The zero-order valence-corrected chi connectivity index (χ0v) is 12.0. The average Bonchev–Trinajstić information content (AvgIpc) is 2.33. The predicted molar refractivity (Wildman–Crippen MR) is 72.8 cm³/mol. The van der Waals surface area contributed by atoms with Crippen LogP contribution in [0.15, 0.2) is 22.7 Å². The first kappa shape index (κ1) is 14.4. The van der Waals surface area contributed by atoms with E-state index in [1.165, 1.54) is 12.1 Å². The molecule has 1 aromatic carbocycles. The van der Waals surface area contributed by atoms with Crippen molar-refractivity contribution in [2.45, 2.75) is 25.0 Å². The smallest absolute Gasteiger partial charge is 0.250 e. The molecule has 0 aromatic heterocycles. The second kappa shape index (κ2) is 5.56. The van der Waals surface area contributed by atoms with Crippen molar-refractivity contribution in [3.63, 3.8) is 0 Å². The van der Waals surface area contributed by atoms with Crippen LogP contribution in [0.2, 0.25) is 0 Å². The van der Waals surface area contributed by atoms with Gasteiger partial charge < -0.3 is 10.8 Å². The Morgan fingerprint density at radius 3 is 2.95 bits per heavy atom. The maximum absolute atomic E-state index is 13.0. The number of hydrogen-bond donors (Lipinski definition) is 2. The summed E-state index contributed by atoms with van der Waals surface area (Å²) in [5.74, 6) is -0.988. The van der Waals surface area contributed by atoms with Gasteiger partial charge in [0.05, 0.1) is 0 Å². The van der Waals surface area contributed by atoms with E-state index in [0.717, 1.165) is 12.1 Å². The summed E-state index contributed by atoms with van der Waals surface area (Å²) in [7, 11) is 0. The van der Waals surface area contributed by atoms with Crippen molar-refractivity contribution < 1.29 is 14.3 Å². The molecule has 6 heteroatoms. The minimum absolute atomic E-state index is 0.214. The van der Waals surface area contributed by atoms with E-state index in [4.69, 9.17) is 5.73 Å². The Kier molecular flexibility index (Phi) is 4.23. The van der Waals surface area contributed by atoms with Crippen molar-refractivity contribution in [1.29, 1.82) is 0 Å². The number of aliphatic hydroxyl groups is 1. The number of hydrogen-bond acceptors (Lipinski definition) is 3. The van der Waals surface area contributed by atoms with Gasteiger partial charge in [-0.25, -0.2) is 4.39 Å². The first-order chi connectivity index (χ1) is 8.90. The van der Waals surface area contributed by atoms with E-state index in [1.807, 2.05) is 4.90 Å². The highest BCUT2D eigenvalue weighted by Crippen LogP contribution is 2.25. The lowest BCUT2D eigenvalue weighted by Gasteiger charge is -2.37. The Morgan fingerprint density at radius 2 is 2.32 bits per heavy atom. The number of benzene rings is 1. The largest absolute Gasteiger partial charge is 0.379 e. The van der Waals surface area contributed by atoms with Crippen molar-refractivity contribution in [2.24, 2.45) is 5.73 Å². The minimum Gasteiger partial charge on any atom is -0.379 e. The Labute approximate surface area is 119 Å². The molecule has 0 saturated carbocycles. The van der Waals surface area contributed by atoms with Crippen LogP contribution < -0.4 is 5.73 Å². The molecular formula is C13H16BrFN2O2. The highest BCUT2D eigenvalue weighted by Gasteiger charge is 2.38. The van der Waals surface area contributed by atoms with E-state index in [2.05, 4.69) is 15.9 Å². The van der Waals surface area contributed by atoms with Gasteiger partial charge in [-0.2, -0.15) is 0 Å². The number of β-amino-alcohol motifs (C(OH)–C–C–N with tert-alkyl or cyclic N) is 1. The molecule has 0 bridgehead atoms. The average molecular weight is 331 g/mol. The Morgan fingerprint density at radius 1 is 1.58 bits per heavy atom. The van der Waals surface area contributed by atoms with Crippen LogP contribution in [-0.4, -0.2) is 34.6 Å². The van der Waals surface area contributed by atoms with Gasteiger partial charge in [0.15, 0.2) is 5.60 Å². The molecular weight excluding hydrogens is 315 g/mol. The fourth-order valence-electron chi connectivity index (χ4n) is 2.35. The fraction of sp³-hybridized carbons (Fsp3) is 0.462. The second-order valence-electron chi connectivity index (χ2n) is 4.95. The SMILES string of the molecule is NC(=O)[C@@]1(O)CCCN(Cc2ccc(F)cc2Br)C1. The topological polar surface area (TPSA) is 66.6 Å². The number of nitrogens with two attached hydrogens (primary N) is 1. The third-order valence-electron chi connectivity index (χ3n) is 3.42. The van der Waals surface area contributed by atoms with Gasteiger partial charge in [-0.15, -0.1) is 0 Å². The molecule has 1 amide bonds. The van der Waals surface area contributed by atoms with Crippen molar-refractivity contribution in [3.8, 4) is 0 Å².